The Kier molecular flexibility index (Phi) is 7.84. The van der Waals surface area contributed by atoms with Crippen LogP contribution in [0.3, 0.4) is 0 Å². The van der Waals surface area contributed by atoms with E-state index in [2.05, 4.69) is 5.32 Å². The van der Waals surface area contributed by atoms with E-state index in [1.165, 1.54) is 6.42 Å². The molecule has 1 aromatic heterocycles. The molecule has 4 nitrogen and oxygen atoms in total. The van der Waals surface area contributed by atoms with Gasteiger partial charge in [-0.15, -0.1) is 11.3 Å². The molecule has 6 heteroatoms. The number of rotatable bonds is 7. The van der Waals surface area contributed by atoms with Crippen LogP contribution >= 0.6 is 22.9 Å². The van der Waals surface area contributed by atoms with E-state index in [0.717, 1.165) is 41.7 Å². The van der Waals surface area contributed by atoms with Gasteiger partial charge in [0.1, 0.15) is 6.04 Å². The summed E-state index contributed by atoms with van der Waals surface area (Å²) in [6.45, 7) is 1.98. The molecule has 0 radical (unpaired) electrons. The summed E-state index contributed by atoms with van der Waals surface area (Å²) in [5, 5.41) is 5.74. The molecule has 4 rings (SSSR count). The minimum Gasteiger partial charge on any atom is -0.351 e. The summed E-state index contributed by atoms with van der Waals surface area (Å²) < 4.78 is 0. The van der Waals surface area contributed by atoms with Gasteiger partial charge in [0.15, 0.2) is 0 Å². The first-order valence-electron chi connectivity index (χ1n) is 11.5. The number of halogens is 1. The molecular weight excluding hydrogens is 452 g/mol. The topological polar surface area (TPSA) is 49.4 Å². The average molecular weight is 481 g/mol. The second-order valence-corrected chi connectivity index (χ2v) is 10.1. The second kappa shape index (κ2) is 11.0. The predicted octanol–water partition coefficient (Wildman–Crippen LogP) is 6.48. The highest BCUT2D eigenvalue weighted by Crippen LogP contribution is 2.33. The van der Waals surface area contributed by atoms with E-state index < -0.39 is 6.04 Å². The van der Waals surface area contributed by atoms with Crippen LogP contribution in [0.25, 0.3) is 0 Å². The number of benzene rings is 2. The van der Waals surface area contributed by atoms with Crippen molar-refractivity contribution in [2.24, 2.45) is 0 Å². The monoisotopic (exact) mass is 480 g/mol. The highest BCUT2D eigenvalue weighted by atomic mass is 35.5. The summed E-state index contributed by atoms with van der Waals surface area (Å²) in [6.07, 6.45) is 5.63. The second-order valence-electron chi connectivity index (χ2n) is 8.60. The van der Waals surface area contributed by atoms with Crippen molar-refractivity contribution in [3.05, 3.63) is 87.1 Å². The maximum atomic E-state index is 13.8. The van der Waals surface area contributed by atoms with Gasteiger partial charge in [0, 0.05) is 21.6 Å². The first-order valence-corrected chi connectivity index (χ1v) is 12.7. The molecule has 1 N–H and O–H groups in total. The van der Waals surface area contributed by atoms with Crippen molar-refractivity contribution in [3.8, 4) is 0 Å². The van der Waals surface area contributed by atoms with Gasteiger partial charge in [-0.1, -0.05) is 67.3 Å². The Bertz CT molecular complexity index is 1090. The molecule has 33 heavy (non-hydrogen) atoms. The van der Waals surface area contributed by atoms with Crippen molar-refractivity contribution in [2.75, 3.05) is 4.90 Å². The van der Waals surface area contributed by atoms with Crippen LogP contribution in [0.1, 0.15) is 54.1 Å². The third kappa shape index (κ3) is 5.84. The molecule has 2 aromatic carbocycles. The molecule has 0 bridgehead atoms. The lowest BCUT2D eigenvalue weighted by atomic mass is 9.93. The third-order valence-electron chi connectivity index (χ3n) is 6.20. The van der Waals surface area contributed by atoms with Gasteiger partial charge < -0.3 is 5.32 Å². The molecule has 1 fully saturated rings. The summed E-state index contributed by atoms with van der Waals surface area (Å²) in [5.41, 5.74) is 2.42. The Labute approximate surface area is 204 Å². The van der Waals surface area contributed by atoms with E-state index in [4.69, 9.17) is 11.6 Å². The SMILES string of the molecule is Cc1ccccc1C(C(=O)NC1CCCCC1)N(C(=O)Cc1cccs1)c1cccc(Cl)c1. The number of thiophene rings is 1. The van der Waals surface area contributed by atoms with E-state index >= 15 is 0 Å². The summed E-state index contributed by atoms with van der Waals surface area (Å²) in [5.74, 6) is -0.275. The lowest BCUT2D eigenvalue weighted by Crippen LogP contribution is -2.48. The fourth-order valence-corrected chi connectivity index (χ4v) is 5.41. The Balaban J connectivity index is 1.76. The molecule has 1 atom stereocenters. The maximum absolute atomic E-state index is 13.8. The molecule has 1 aliphatic rings. The van der Waals surface area contributed by atoms with Crippen molar-refractivity contribution in [1.82, 2.24) is 5.32 Å². The minimum atomic E-state index is -0.779. The number of carbonyl (C=O) groups excluding carboxylic acids is 2. The summed E-state index contributed by atoms with van der Waals surface area (Å²) >= 11 is 7.86. The van der Waals surface area contributed by atoms with E-state index in [1.54, 1.807) is 28.4 Å². The number of nitrogens with one attached hydrogen (secondary N) is 1. The van der Waals surface area contributed by atoms with Crippen molar-refractivity contribution in [2.45, 2.75) is 57.5 Å². The number of amides is 2. The number of hydrogen-bond acceptors (Lipinski definition) is 3. The number of anilines is 1. The van der Waals surface area contributed by atoms with Crippen LogP contribution in [0.5, 0.6) is 0 Å². The van der Waals surface area contributed by atoms with E-state index in [0.29, 0.717) is 10.7 Å². The van der Waals surface area contributed by atoms with Gasteiger partial charge in [0.2, 0.25) is 11.8 Å². The molecule has 0 aliphatic heterocycles. The van der Waals surface area contributed by atoms with E-state index in [-0.39, 0.29) is 24.3 Å². The highest BCUT2D eigenvalue weighted by Gasteiger charge is 2.35. The fourth-order valence-electron chi connectivity index (χ4n) is 4.53. The van der Waals surface area contributed by atoms with Crippen LogP contribution in [0.4, 0.5) is 5.69 Å². The van der Waals surface area contributed by atoms with Crippen molar-refractivity contribution in [1.29, 1.82) is 0 Å². The molecule has 0 spiro atoms. The quantitative estimate of drug-likeness (QED) is 0.421. The third-order valence-corrected chi connectivity index (χ3v) is 7.31. The first kappa shape index (κ1) is 23.5. The number of hydrogen-bond donors (Lipinski definition) is 1. The van der Waals surface area contributed by atoms with Crippen LogP contribution < -0.4 is 10.2 Å². The Morgan fingerprint density at radius 3 is 2.55 bits per heavy atom. The minimum absolute atomic E-state index is 0.133. The summed E-state index contributed by atoms with van der Waals surface area (Å²) in [6, 6.07) is 18.2. The summed E-state index contributed by atoms with van der Waals surface area (Å²) in [4.78, 5) is 30.2. The molecule has 1 aliphatic carbocycles. The lowest BCUT2D eigenvalue weighted by molar-refractivity contribution is -0.127. The van der Waals surface area contributed by atoms with Crippen LogP contribution in [0.2, 0.25) is 5.02 Å². The van der Waals surface area contributed by atoms with Crippen LogP contribution in [-0.2, 0) is 16.0 Å². The van der Waals surface area contributed by atoms with E-state index in [9.17, 15) is 9.59 Å². The van der Waals surface area contributed by atoms with Gasteiger partial charge in [-0.2, -0.15) is 0 Å². The fraction of sp³-hybridized carbons (Fsp3) is 0.333. The van der Waals surface area contributed by atoms with E-state index in [1.807, 2.05) is 60.8 Å². The zero-order valence-electron chi connectivity index (χ0n) is 18.8. The molecule has 3 aromatic rings. The van der Waals surface area contributed by atoms with Gasteiger partial charge in [-0.05, 0) is 60.5 Å². The smallest absolute Gasteiger partial charge is 0.248 e. The Morgan fingerprint density at radius 1 is 1.06 bits per heavy atom. The van der Waals surface area contributed by atoms with Gasteiger partial charge in [0.25, 0.3) is 0 Å². The molecular formula is C27H29ClN2O2S. The molecule has 1 heterocycles. The largest absolute Gasteiger partial charge is 0.351 e. The van der Waals surface area contributed by atoms with Gasteiger partial charge in [-0.25, -0.2) is 0 Å². The van der Waals surface area contributed by atoms with Crippen LogP contribution in [0.15, 0.2) is 66.0 Å². The van der Waals surface area contributed by atoms with Gasteiger partial charge >= 0.3 is 0 Å². The molecule has 0 saturated heterocycles. The normalized spacial score (nSPS) is 15.1. The standard InChI is InChI=1S/C27H29ClN2O2S/c1-19-9-5-6-15-24(19)26(27(32)29-21-11-3-2-4-12-21)30(22-13-7-10-20(28)17-22)25(31)18-23-14-8-16-33-23/h5-10,13-17,21,26H,2-4,11-12,18H2,1H3,(H,29,32). The van der Waals surface area contributed by atoms with Crippen molar-refractivity contribution in [3.63, 3.8) is 0 Å². The summed E-state index contributed by atoms with van der Waals surface area (Å²) in [7, 11) is 0. The van der Waals surface area contributed by atoms with Crippen molar-refractivity contribution >= 4 is 40.4 Å². The molecule has 1 unspecified atom stereocenters. The predicted molar refractivity (Wildman–Crippen MR) is 136 cm³/mol. The average Bonchev–Trinajstić information content (AvgIpc) is 3.31. The number of nitrogens with zero attached hydrogens (tertiary/aromatic N) is 1. The van der Waals surface area contributed by atoms with Gasteiger partial charge in [-0.3, -0.25) is 14.5 Å². The number of aryl methyl sites for hydroxylation is 1. The Hall–Kier alpha value is -2.63. The number of carbonyl (C=O) groups is 2. The molecule has 2 amide bonds. The van der Waals surface area contributed by atoms with Crippen molar-refractivity contribution < 1.29 is 9.59 Å². The molecule has 172 valence electrons. The Morgan fingerprint density at radius 2 is 1.85 bits per heavy atom. The zero-order chi connectivity index (χ0) is 23.2. The van der Waals surface area contributed by atoms with Gasteiger partial charge in [0.05, 0.1) is 6.42 Å². The lowest BCUT2D eigenvalue weighted by Gasteiger charge is -2.34. The molecule has 1 saturated carbocycles. The van der Waals surface area contributed by atoms with Crippen LogP contribution in [0, 0.1) is 6.92 Å². The zero-order valence-corrected chi connectivity index (χ0v) is 20.4. The highest BCUT2D eigenvalue weighted by molar-refractivity contribution is 7.10. The first-order chi connectivity index (χ1) is 16.0. The van der Waals surface area contributed by atoms with Crippen LogP contribution in [-0.4, -0.2) is 17.9 Å². The maximum Gasteiger partial charge on any atom is 0.248 e.